The van der Waals surface area contributed by atoms with Crippen LogP contribution < -0.4 is 10.1 Å². The molecule has 6 heteroatoms. The molecule has 2 heterocycles. The quantitative estimate of drug-likeness (QED) is 0.896. The van der Waals surface area contributed by atoms with Crippen LogP contribution in [0.15, 0.2) is 42.6 Å². The van der Waals surface area contributed by atoms with Gasteiger partial charge in [0.1, 0.15) is 11.7 Å². The Morgan fingerprint density at radius 3 is 2.92 bits per heavy atom. The SMILES string of the molecule is CCNC(=O)c1cccnc1OC1CCN(C(=O)c2cccc(C)c2)C1. The van der Waals surface area contributed by atoms with E-state index in [9.17, 15) is 9.59 Å². The molecule has 1 aromatic carbocycles. The Kier molecular flexibility index (Phi) is 5.51. The molecule has 0 saturated carbocycles. The molecule has 3 rings (SSSR count). The number of amides is 2. The summed E-state index contributed by atoms with van der Waals surface area (Å²) in [6.07, 6.45) is 2.14. The minimum atomic E-state index is -0.207. The van der Waals surface area contributed by atoms with Crippen LogP contribution in [0, 0.1) is 6.92 Å². The Morgan fingerprint density at radius 2 is 2.15 bits per heavy atom. The Bertz CT molecular complexity index is 806. The fourth-order valence-electron chi connectivity index (χ4n) is 3.04. The Labute approximate surface area is 153 Å². The van der Waals surface area contributed by atoms with Gasteiger partial charge in [0.15, 0.2) is 0 Å². The van der Waals surface area contributed by atoms with E-state index in [1.165, 1.54) is 0 Å². The van der Waals surface area contributed by atoms with Gasteiger partial charge in [-0.3, -0.25) is 9.59 Å². The summed E-state index contributed by atoms with van der Waals surface area (Å²) in [4.78, 5) is 30.8. The van der Waals surface area contributed by atoms with Crippen molar-refractivity contribution in [1.82, 2.24) is 15.2 Å². The van der Waals surface area contributed by atoms with Crippen molar-refractivity contribution in [3.63, 3.8) is 0 Å². The zero-order valence-corrected chi connectivity index (χ0v) is 15.1. The van der Waals surface area contributed by atoms with Crippen LogP contribution in [0.25, 0.3) is 0 Å². The van der Waals surface area contributed by atoms with Crippen LogP contribution in [0.2, 0.25) is 0 Å². The third kappa shape index (κ3) is 4.02. The molecule has 1 aromatic heterocycles. The van der Waals surface area contributed by atoms with Crippen LogP contribution in [0.4, 0.5) is 0 Å². The molecule has 1 unspecified atom stereocenters. The van der Waals surface area contributed by atoms with E-state index < -0.39 is 0 Å². The highest BCUT2D eigenvalue weighted by Gasteiger charge is 2.29. The Hall–Kier alpha value is -2.89. The molecule has 1 aliphatic heterocycles. The number of nitrogens with zero attached hydrogens (tertiary/aromatic N) is 2. The van der Waals surface area contributed by atoms with E-state index in [4.69, 9.17) is 4.74 Å². The molecule has 6 nitrogen and oxygen atoms in total. The van der Waals surface area contributed by atoms with Crippen LogP contribution in [0.5, 0.6) is 5.88 Å². The molecule has 136 valence electrons. The van der Waals surface area contributed by atoms with Gasteiger partial charge in [-0.2, -0.15) is 0 Å². The van der Waals surface area contributed by atoms with Gasteiger partial charge in [-0.25, -0.2) is 4.98 Å². The summed E-state index contributed by atoms with van der Waals surface area (Å²) in [5, 5.41) is 2.76. The largest absolute Gasteiger partial charge is 0.472 e. The van der Waals surface area contributed by atoms with Crippen molar-refractivity contribution < 1.29 is 14.3 Å². The Morgan fingerprint density at radius 1 is 1.31 bits per heavy atom. The van der Waals surface area contributed by atoms with Gasteiger partial charge in [-0.15, -0.1) is 0 Å². The number of carbonyl (C=O) groups is 2. The molecule has 0 aliphatic carbocycles. The number of rotatable bonds is 5. The van der Waals surface area contributed by atoms with Crippen LogP contribution in [0.3, 0.4) is 0 Å². The number of hydrogen-bond acceptors (Lipinski definition) is 4. The van der Waals surface area contributed by atoms with Crippen molar-refractivity contribution in [3.05, 3.63) is 59.3 Å². The summed E-state index contributed by atoms with van der Waals surface area (Å²) in [5.41, 5.74) is 2.16. The minimum absolute atomic E-state index is 0.00442. The number of hydrogen-bond donors (Lipinski definition) is 1. The lowest BCUT2D eigenvalue weighted by molar-refractivity contribution is 0.0768. The zero-order valence-electron chi connectivity index (χ0n) is 15.1. The smallest absolute Gasteiger partial charge is 0.256 e. The van der Waals surface area contributed by atoms with Gasteiger partial charge in [-0.1, -0.05) is 17.7 Å². The van der Waals surface area contributed by atoms with E-state index in [2.05, 4.69) is 10.3 Å². The first-order chi connectivity index (χ1) is 12.6. The maximum Gasteiger partial charge on any atom is 0.256 e. The van der Waals surface area contributed by atoms with Gasteiger partial charge < -0.3 is 15.0 Å². The van der Waals surface area contributed by atoms with Crippen molar-refractivity contribution in [2.24, 2.45) is 0 Å². The second-order valence-electron chi connectivity index (χ2n) is 6.36. The predicted molar refractivity (Wildman–Crippen MR) is 98.4 cm³/mol. The van der Waals surface area contributed by atoms with E-state index in [0.717, 1.165) is 5.56 Å². The summed E-state index contributed by atoms with van der Waals surface area (Å²) in [6, 6.07) is 11.0. The molecular formula is C20H23N3O3. The van der Waals surface area contributed by atoms with Crippen molar-refractivity contribution >= 4 is 11.8 Å². The topological polar surface area (TPSA) is 71.5 Å². The maximum atomic E-state index is 12.6. The third-order valence-corrected chi connectivity index (χ3v) is 4.33. The molecule has 2 aromatic rings. The summed E-state index contributed by atoms with van der Waals surface area (Å²) in [5.74, 6) is 0.111. The van der Waals surface area contributed by atoms with Gasteiger partial charge in [-0.05, 0) is 38.1 Å². The molecule has 26 heavy (non-hydrogen) atoms. The maximum absolute atomic E-state index is 12.6. The van der Waals surface area contributed by atoms with Crippen molar-refractivity contribution in [2.45, 2.75) is 26.4 Å². The molecule has 2 amide bonds. The van der Waals surface area contributed by atoms with Crippen molar-refractivity contribution in [2.75, 3.05) is 19.6 Å². The normalized spacial score (nSPS) is 16.4. The zero-order chi connectivity index (χ0) is 18.5. The third-order valence-electron chi connectivity index (χ3n) is 4.33. The van der Waals surface area contributed by atoms with Gasteiger partial charge >= 0.3 is 0 Å². The van der Waals surface area contributed by atoms with Crippen LogP contribution >= 0.6 is 0 Å². The van der Waals surface area contributed by atoms with Gasteiger partial charge in [0.2, 0.25) is 5.88 Å². The summed E-state index contributed by atoms with van der Waals surface area (Å²) >= 11 is 0. The molecule has 0 spiro atoms. The summed E-state index contributed by atoms with van der Waals surface area (Å²) in [7, 11) is 0. The van der Waals surface area contributed by atoms with Crippen molar-refractivity contribution in [1.29, 1.82) is 0 Å². The van der Waals surface area contributed by atoms with Gasteiger partial charge in [0.05, 0.1) is 6.54 Å². The molecule has 1 N–H and O–H groups in total. The molecule has 0 radical (unpaired) electrons. The minimum Gasteiger partial charge on any atom is -0.472 e. The average Bonchev–Trinajstić information content (AvgIpc) is 3.10. The first-order valence-electron chi connectivity index (χ1n) is 8.84. The summed E-state index contributed by atoms with van der Waals surface area (Å²) < 4.78 is 5.95. The number of aryl methyl sites for hydroxylation is 1. The first-order valence-corrected chi connectivity index (χ1v) is 8.84. The number of likely N-dealkylation sites (tertiary alicyclic amines) is 1. The molecule has 1 atom stereocenters. The molecule has 1 aliphatic rings. The van der Waals surface area contributed by atoms with Crippen LogP contribution in [-0.2, 0) is 0 Å². The number of aromatic nitrogens is 1. The monoisotopic (exact) mass is 353 g/mol. The molecular weight excluding hydrogens is 330 g/mol. The number of nitrogens with one attached hydrogen (secondary N) is 1. The van der Waals surface area contributed by atoms with E-state index in [1.54, 1.807) is 23.2 Å². The second kappa shape index (κ2) is 7.99. The molecule has 1 saturated heterocycles. The first kappa shape index (κ1) is 17.9. The van der Waals surface area contributed by atoms with E-state index in [1.807, 2.05) is 38.1 Å². The highest BCUT2D eigenvalue weighted by atomic mass is 16.5. The van der Waals surface area contributed by atoms with Gasteiger partial charge in [0, 0.05) is 31.3 Å². The summed E-state index contributed by atoms with van der Waals surface area (Å²) in [6.45, 7) is 5.48. The highest BCUT2D eigenvalue weighted by Crippen LogP contribution is 2.21. The van der Waals surface area contributed by atoms with Crippen molar-refractivity contribution in [3.8, 4) is 5.88 Å². The van der Waals surface area contributed by atoms with Crippen LogP contribution in [-0.4, -0.2) is 47.4 Å². The lowest BCUT2D eigenvalue weighted by Crippen LogP contribution is -2.31. The molecule has 1 fully saturated rings. The molecule has 0 bridgehead atoms. The lowest BCUT2D eigenvalue weighted by Gasteiger charge is -2.18. The number of carbonyl (C=O) groups excluding carboxylic acids is 2. The number of pyridine rings is 1. The predicted octanol–water partition coefficient (Wildman–Crippen LogP) is 2.43. The van der Waals surface area contributed by atoms with Crippen LogP contribution in [0.1, 0.15) is 39.6 Å². The fourth-order valence-corrected chi connectivity index (χ4v) is 3.04. The Balaban J connectivity index is 1.67. The number of benzene rings is 1. The number of ether oxygens (including phenoxy) is 1. The van der Waals surface area contributed by atoms with E-state index in [-0.39, 0.29) is 17.9 Å². The lowest BCUT2D eigenvalue weighted by atomic mass is 10.1. The van der Waals surface area contributed by atoms with E-state index in [0.29, 0.717) is 43.1 Å². The highest BCUT2D eigenvalue weighted by molar-refractivity contribution is 5.96. The standard InChI is InChI=1S/C20H23N3O3/c1-3-21-18(24)17-8-5-10-22-19(17)26-16-9-11-23(13-16)20(25)15-7-4-6-14(2)12-15/h4-8,10,12,16H,3,9,11,13H2,1-2H3,(H,21,24). The average molecular weight is 353 g/mol. The second-order valence-corrected chi connectivity index (χ2v) is 6.36. The van der Waals surface area contributed by atoms with E-state index >= 15 is 0 Å². The fraction of sp³-hybridized carbons (Fsp3) is 0.350. The van der Waals surface area contributed by atoms with Gasteiger partial charge in [0.25, 0.3) is 11.8 Å².